The molecule has 0 aliphatic carbocycles. The highest BCUT2D eigenvalue weighted by atomic mass is 79.9. The predicted octanol–water partition coefficient (Wildman–Crippen LogP) is 2.22. The van der Waals surface area contributed by atoms with Gasteiger partial charge in [-0.2, -0.15) is 0 Å². The lowest BCUT2D eigenvalue weighted by Gasteiger charge is -2.27. The molecule has 1 N–H and O–H groups in total. The van der Waals surface area contributed by atoms with Crippen LogP contribution in [0.1, 0.15) is 15.9 Å². The number of carbonyl (C=O) groups is 1. The second-order valence-electron chi connectivity index (χ2n) is 4.06. The molecule has 94 valence electrons. The molecule has 1 saturated heterocycles. The number of hydrogen-bond donors (Lipinski definition) is 1. The Morgan fingerprint density at radius 2 is 1.94 bits per heavy atom. The average Bonchev–Trinajstić information content (AvgIpc) is 2.28. The lowest BCUT2D eigenvalue weighted by Crippen LogP contribution is -2.46. The van der Waals surface area contributed by atoms with Crippen LogP contribution < -0.4 is 5.32 Å². The standard InChI is InChI=1S/C12H15BrN2O.ClH/c1-9-6-10(8-11(13)7-9)12(16)15-4-2-14-3-5-15;/h6-8,14H,2-5H2,1H3;1H. The Labute approximate surface area is 116 Å². The maximum absolute atomic E-state index is 12.2. The van der Waals surface area contributed by atoms with Crippen LogP contribution >= 0.6 is 28.3 Å². The molecule has 17 heavy (non-hydrogen) atoms. The Hall–Kier alpha value is -0.580. The van der Waals surface area contributed by atoms with Gasteiger partial charge in [-0.1, -0.05) is 15.9 Å². The van der Waals surface area contributed by atoms with Gasteiger partial charge >= 0.3 is 0 Å². The summed E-state index contributed by atoms with van der Waals surface area (Å²) < 4.78 is 0.964. The van der Waals surface area contributed by atoms with Crippen molar-refractivity contribution in [3.63, 3.8) is 0 Å². The van der Waals surface area contributed by atoms with E-state index in [9.17, 15) is 4.79 Å². The quantitative estimate of drug-likeness (QED) is 0.861. The highest BCUT2D eigenvalue weighted by Crippen LogP contribution is 2.17. The lowest BCUT2D eigenvalue weighted by molar-refractivity contribution is 0.0735. The second-order valence-corrected chi connectivity index (χ2v) is 4.98. The summed E-state index contributed by atoms with van der Waals surface area (Å²) in [6.07, 6.45) is 0. The van der Waals surface area contributed by atoms with E-state index < -0.39 is 0 Å². The summed E-state index contributed by atoms with van der Waals surface area (Å²) >= 11 is 3.42. The lowest BCUT2D eigenvalue weighted by atomic mass is 10.1. The summed E-state index contributed by atoms with van der Waals surface area (Å²) in [6.45, 7) is 5.37. The minimum Gasteiger partial charge on any atom is -0.336 e. The second kappa shape index (κ2) is 6.38. The van der Waals surface area contributed by atoms with Crippen molar-refractivity contribution in [1.29, 1.82) is 0 Å². The highest BCUT2D eigenvalue weighted by Gasteiger charge is 2.18. The molecule has 5 heteroatoms. The van der Waals surface area contributed by atoms with Crippen LogP contribution in [0.25, 0.3) is 0 Å². The van der Waals surface area contributed by atoms with Gasteiger partial charge in [-0.3, -0.25) is 4.79 Å². The summed E-state index contributed by atoms with van der Waals surface area (Å²) in [6, 6.07) is 5.83. The van der Waals surface area contributed by atoms with Crippen LogP contribution in [0.2, 0.25) is 0 Å². The Balaban J connectivity index is 0.00000144. The predicted molar refractivity (Wildman–Crippen MR) is 74.9 cm³/mol. The molecule has 0 saturated carbocycles. The van der Waals surface area contributed by atoms with Crippen LogP contribution in [0.3, 0.4) is 0 Å². The molecule has 1 aromatic carbocycles. The van der Waals surface area contributed by atoms with Gasteiger partial charge in [0.2, 0.25) is 0 Å². The molecule has 0 aromatic heterocycles. The molecule has 0 radical (unpaired) electrons. The summed E-state index contributed by atoms with van der Waals surface area (Å²) in [5.41, 5.74) is 1.88. The molecule has 2 rings (SSSR count). The topological polar surface area (TPSA) is 32.3 Å². The molecule has 1 amide bonds. The molecule has 3 nitrogen and oxygen atoms in total. The Kier molecular flexibility index (Phi) is 5.43. The number of carbonyl (C=O) groups excluding carboxylic acids is 1. The molecule has 1 aliphatic rings. The van der Waals surface area contributed by atoms with Gasteiger partial charge in [0.25, 0.3) is 5.91 Å². The van der Waals surface area contributed by atoms with Crippen LogP contribution in [0, 0.1) is 6.92 Å². The number of piperazine rings is 1. The molecule has 1 aliphatic heterocycles. The smallest absolute Gasteiger partial charge is 0.253 e. The van der Waals surface area contributed by atoms with E-state index in [1.807, 2.05) is 30.0 Å². The van der Waals surface area contributed by atoms with E-state index in [-0.39, 0.29) is 18.3 Å². The fourth-order valence-corrected chi connectivity index (χ4v) is 2.52. The van der Waals surface area contributed by atoms with Gasteiger partial charge in [-0.15, -0.1) is 12.4 Å². The van der Waals surface area contributed by atoms with Crippen LogP contribution in [0.4, 0.5) is 0 Å². The summed E-state index contributed by atoms with van der Waals surface area (Å²) in [7, 11) is 0. The molecular weight excluding hydrogens is 304 g/mol. The Bertz CT molecular complexity index is 385. The van der Waals surface area contributed by atoms with Crippen molar-refractivity contribution in [2.75, 3.05) is 26.2 Å². The van der Waals surface area contributed by atoms with Gasteiger partial charge in [-0.25, -0.2) is 0 Å². The Morgan fingerprint density at radius 1 is 1.29 bits per heavy atom. The summed E-state index contributed by atoms with van der Waals surface area (Å²) in [4.78, 5) is 14.1. The number of halogens is 2. The van der Waals surface area contributed by atoms with E-state index >= 15 is 0 Å². The van der Waals surface area contributed by atoms with Crippen molar-refractivity contribution in [2.45, 2.75) is 6.92 Å². The zero-order valence-corrected chi connectivity index (χ0v) is 12.1. The van der Waals surface area contributed by atoms with Crippen LogP contribution in [-0.2, 0) is 0 Å². The molecule has 1 fully saturated rings. The third-order valence-electron chi connectivity index (χ3n) is 2.69. The first-order valence-electron chi connectivity index (χ1n) is 5.44. The van der Waals surface area contributed by atoms with Crippen molar-refractivity contribution in [3.8, 4) is 0 Å². The van der Waals surface area contributed by atoms with Crippen molar-refractivity contribution in [1.82, 2.24) is 10.2 Å². The number of nitrogens with zero attached hydrogens (tertiary/aromatic N) is 1. The summed E-state index contributed by atoms with van der Waals surface area (Å²) in [5, 5.41) is 3.24. The Morgan fingerprint density at radius 3 is 2.53 bits per heavy atom. The molecular formula is C12H16BrClN2O. The SMILES string of the molecule is Cc1cc(Br)cc(C(=O)N2CCNCC2)c1.Cl. The number of rotatable bonds is 1. The molecule has 1 aromatic rings. The monoisotopic (exact) mass is 318 g/mol. The molecule has 0 bridgehead atoms. The zero-order valence-electron chi connectivity index (χ0n) is 9.70. The van der Waals surface area contributed by atoms with Gasteiger partial charge in [-0.05, 0) is 30.7 Å². The number of amides is 1. The molecule has 0 atom stereocenters. The van der Waals surface area contributed by atoms with Crippen molar-refractivity contribution in [3.05, 3.63) is 33.8 Å². The normalized spacial score (nSPS) is 15.3. The van der Waals surface area contributed by atoms with Crippen molar-refractivity contribution < 1.29 is 4.79 Å². The number of benzene rings is 1. The number of nitrogens with one attached hydrogen (secondary N) is 1. The number of hydrogen-bond acceptors (Lipinski definition) is 2. The van der Waals surface area contributed by atoms with E-state index in [1.165, 1.54) is 0 Å². The van der Waals surface area contributed by atoms with E-state index in [0.29, 0.717) is 0 Å². The summed E-state index contributed by atoms with van der Waals surface area (Å²) in [5.74, 6) is 0.130. The van der Waals surface area contributed by atoms with E-state index in [1.54, 1.807) is 0 Å². The minimum absolute atomic E-state index is 0. The maximum atomic E-state index is 12.2. The first kappa shape index (κ1) is 14.5. The van der Waals surface area contributed by atoms with Gasteiger partial charge in [0.05, 0.1) is 0 Å². The van der Waals surface area contributed by atoms with Crippen LogP contribution in [-0.4, -0.2) is 37.0 Å². The van der Waals surface area contributed by atoms with Gasteiger partial charge < -0.3 is 10.2 Å². The largest absolute Gasteiger partial charge is 0.336 e. The van der Waals surface area contributed by atoms with Crippen LogP contribution in [0.5, 0.6) is 0 Å². The fraction of sp³-hybridized carbons (Fsp3) is 0.417. The minimum atomic E-state index is 0. The van der Waals surface area contributed by atoms with Crippen molar-refractivity contribution >= 4 is 34.2 Å². The third-order valence-corrected chi connectivity index (χ3v) is 3.15. The van der Waals surface area contributed by atoms with E-state index in [2.05, 4.69) is 21.2 Å². The maximum Gasteiger partial charge on any atom is 0.253 e. The van der Waals surface area contributed by atoms with Gasteiger partial charge in [0, 0.05) is 36.2 Å². The zero-order chi connectivity index (χ0) is 11.5. The number of aryl methyl sites for hydroxylation is 1. The first-order chi connectivity index (χ1) is 7.66. The molecule has 0 spiro atoms. The van der Waals surface area contributed by atoms with Gasteiger partial charge in [0.15, 0.2) is 0 Å². The molecule has 0 unspecified atom stereocenters. The molecule has 1 heterocycles. The van der Waals surface area contributed by atoms with E-state index in [4.69, 9.17) is 0 Å². The van der Waals surface area contributed by atoms with E-state index in [0.717, 1.165) is 41.8 Å². The van der Waals surface area contributed by atoms with Gasteiger partial charge in [0.1, 0.15) is 0 Å². The fourth-order valence-electron chi connectivity index (χ4n) is 1.91. The highest BCUT2D eigenvalue weighted by molar-refractivity contribution is 9.10. The van der Waals surface area contributed by atoms with Crippen molar-refractivity contribution in [2.24, 2.45) is 0 Å². The third kappa shape index (κ3) is 3.69. The van der Waals surface area contributed by atoms with Crippen LogP contribution in [0.15, 0.2) is 22.7 Å². The first-order valence-corrected chi connectivity index (χ1v) is 6.23. The average molecular weight is 320 g/mol.